The molecule has 1 aromatic carbocycles. The average Bonchev–Trinajstić information content (AvgIpc) is 3.36. The van der Waals surface area contributed by atoms with E-state index in [4.69, 9.17) is 13.9 Å². The summed E-state index contributed by atoms with van der Waals surface area (Å²) in [5.41, 5.74) is 2.60. The topological polar surface area (TPSA) is 77.8 Å². The number of rotatable bonds is 7. The van der Waals surface area contributed by atoms with E-state index in [0.29, 0.717) is 16.3 Å². The first-order valence-electron chi connectivity index (χ1n) is 10.9. The van der Waals surface area contributed by atoms with Crippen molar-refractivity contribution in [1.29, 1.82) is 0 Å². The molecule has 0 fully saturated rings. The molecule has 0 atom stereocenters. The van der Waals surface area contributed by atoms with Crippen molar-refractivity contribution >= 4 is 28.2 Å². The van der Waals surface area contributed by atoms with Gasteiger partial charge in [-0.15, -0.1) is 11.3 Å². The lowest BCUT2D eigenvalue weighted by atomic mass is 9.95. The number of hydrogen-bond donors (Lipinski definition) is 1. The Labute approximate surface area is 191 Å². The summed E-state index contributed by atoms with van der Waals surface area (Å²) in [6, 6.07) is 11.1. The van der Waals surface area contributed by atoms with Crippen LogP contribution < -0.4 is 10.1 Å². The van der Waals surface area contributed by atoms with Crippen LogP contribution in [0.1, 0.15) is 69.4 Å². The van der Waals surface area contributed by atoms with Gasteiger partial charge in [0.25, 0.3) is 5.91 Å². The largest absolute Gasteiger partial charge is 0.486 e. The first kappa shape index (κ1) is 22.1. The first-order valence-corrected chi connectivity index (χ1v) is 11.7. The van der Waals surface area contributed by atoms with E-state index < -0.39 is 5.91 Å². The highest BCUT2D eigenvalue weighted by molar-refractivity contribution is 7.17. The van der Waals surface area contributed by atoms with Gasteiger partial charge in [0.2, 0.25) is 0 Å². The smallest absolute Gasteiger partial charge is 0.341 e. The Hall–Kier alpha value is -3.06. The van der Waals surface area contributed by atoms with E-state index in [1.54, 1.807) is 12.1 Å². The zero-order valence-corrected chi connectivity index (χ0v) is 19.3. The van der Waals surface area contributed by atoms with Gasteiger partial charge in [0.1, 0.15) is 23.1 Å². The fourth-order valence-electron chi connectivity index (χ4n) is 3.74. The van der Waals surface area contributed by atoms with Gasteiger partial charge >= 0.3 is 5.97 Å². The molecule has 0 saturated carbocycles. The number of ether oxygens (including phenoxy) is 2. The van der Waals surface area contributed by atoms with Crippen LogP contribution in [0.5, 0.6) is 5.75 Å². The monoisotopic (exact) mass is 453 g/mol. The van der Waals surface area contributed by atoms with Gasteiger partial charge in [-0.3, -0.25) is 4.79 Å². The fourth-order valence-corrected chi connectivity index (χ4v) is 5.02. The minimum Gasteiger partial charge on any atom is -0.486 e. The highest BCUT2D eigenvalue weighted by Crippen LogP contribution is 2.39. The molecule has 7 heteroatoms. The number of esters is 1. The minimum atomic E-state index is -0.399. The van der Waals surface area contributed by atoms with Gasteiger partial charge < -0.3 is 19.2 Å². The Morgan fingerprint density at radius 3 is 2.75 bits per heavy atom. The lowest BCUT2D eigenvalue weighted by Crippen LogP contribution is -2.17. The quantitative estimate of drug-likeness (QED) is 0.449. The van der Waals surface area contributed by atoms with E-state index in [2.05, 4.69) is 5.32 Å². The molecule has 4 rings (SSSR count). The molecule has 1 N–H and O–H groups in total. The first-order chi connectivity index (χ1) is 15.4. The predicted octanol–water partition coefficient (Wildman–Crippen LogP) is 5.92. The molecular formula is C25H27NO5S. The summed E-state index contributed by atoms with van der Waals surface area (Å²) >= 11 is 1.46. The Morgan fingerprint density at radius 2 is 1.97 bits per heavy atom. The number of benzene rings is 1. The van der Waals surface area contributed by atoms with E-state index >= 15 is 0 Å². The third-order valence-electron chi connectivity index (χ3n) is 5.20. The van der Waals surface area contributed by atoms with E-state index in [0.717, 1.165) is 47.4 Å². The zero-order chi connectivity index (χ0) is 22.7. The van der Waals surface area contributed by atoms with E-state index in [-0.39, 0.29) is 24.4 Å². The van der Waals surface area contributed by atoms with E-state index in [9.17, 15) is 9.59 Å². The molecule has 1 amide bonds. The van der Waals surface area contributed by atoms with Crippen LogP contribution in [0.25, 0.3) is 0 Å². The zero-order valence-electron chi connectivity index (χ0n) is 18.5. The van der Waals surface area contributed by atoms with Gasteiger partial charge in [0, 0.05) is 4.88 Å². The van der Waals surface area contributed by atoms with Crippen LogP contribution >= 0.6 is 11.3 Å². The molecule has 0 saturated heterocycles. The predicted molar refractivity (Wildman–Crippen MR) is 124 cm³/mol. The van der Waals surface area contributed by atoms with Crippen LogP contribution in [-0.2, 0) is 24.2 Å². The van der Waals surface area contributed by atoms with Gasteiger partial charge in [-0.05, 0) is 81.8 Å². The Bertz CT molecular complexity index is 1130. The molecule has 3 aromatic rings. The number of nitrogens with one attached hydrogen (secondary N) is 1. The number of hydrogen-bond acceptors (Lipinski definition) is 6. The molecule has 32 heavy (non-hydrogen) atoms. The number of aryl methyl sites for hydroxylation is 2. The third-order valence-corrected chi connectivity index (χ3v) is 6.41. The summed E-state index contributed by atoms with van der Waals surface area (Å²) in [7, 11) is 0. The second kappa shape index (κ2) is 9.61. The van der Waals surface area contributed by atoms with Gasteiger partial charge in [-0.25, -0.2) is 4.79 Å². The van der Waals surface area contributed by atoms with Crippen LogP contribution in [0.15, 0.2) is 40.8 Å². The standard InChI is InChI=1S/C25H27NO5S/c1-15(2)30-25(28)22-19-9-4-5-10-21(19)32-24(22)26-23(27)20-12-11-18(31-20)14-29-17-8-6-7-16(3)13-17/h6-8,11-13,15H,4-5,9-10,14H2,1-3H3,(H,26,27). The van der Waals surface area contributed by atoms with Gasteiger partial charge in [-0.1, -0.05) is 12.1 Å². The maximum absolute atomic E-state index is 12.9. The van der Waals surface area contributed by atoms with Crippen molar-refractivity contribution in [3.63, 3.8) is 0 Å². The van der Waals surface area contributed by atoms with Gasteiger partial charge in [0.15, 0.2) is 5.76 Å². The SMILES string of the molecule is Cc1cccc(OCc2ccc(C(=O)Nc3sc4c(c3C(=O)OC(C)C)CCCC4)o2)c1. The molecule has 0 aliphatic heterocycles. The van der Waals surface area contributed by atoms with Crippen molar-refractivity contribution < 1.29 is 23.5 Å². The molecule has 0 unspecified atom stereocenters. The summed E-state index contributed by atoms with van der Waals surface area (Å²) < 4.78 is 16.9. The summed E-state index contributed by atoms with van der Waals surface area (Å²) in [6.07, 6.45) is 3.62. The number of anilines is 1. The lowest BCUT2D eigenvalue weighted by molar-refractivity contribution is 0.0378. The summed E-state index contributed by atoms with van der Waals surface area (Å²) in [6.45, 7) is 5.85. The molecule has 168 valence electrons. The maximum Gasteiger partial charge on any atom is 0.341 e. The number of thiophene rings is 1. The fraction of sp³-hybridized carbons (Fsp3) is 0.360. The number of carbonyl (C=O) groups is 2. The molecule has 1 aliphatic rings. The number of carbonyl (C=O) groups excluding carboxylic acids is 2. The second-order valence-corrected chi connectivity index (χ2v) is 9.30. The number of amides is 1. The van der Waals surface area contributed by atoms with Gasteiger partial charge in [0.05, 0.1) is 11.7 Å². The summed E-state index contributed by atoms with van der Waals surface area (Å²) in [5.74, 6) is 0.666. The summed E-state index contributed by atoms with van der Waals surface area (Å²) in [5, 5.41) is 3.41. The van der Waals surface area contributed by atoms with E-state index in [1.807, 2.05) is 45.0 Å². The van der Waals surface area contributed by atoms with Crippen LogP contribution in [0, 0.1) is 6.92 Å². The molecule has 1 aliphatic carbocycles. The van der Waals surface area contributed by atoms with E-state index in [1.165, 1.54) is 11.3 Å². The summed E-state index contributed by atoms with van der Waals surface area (Å²) in [4.78, 5) is 26.8. The number of furan rings is 1. The van der Waals surface area contributed by atoms with Crippen molar-refractivity contribution in [3.05, 3.63) is 69.5 Å². The average molecular weight is 454 g/mol. The highest BCUT2D eigenvalue weighted by Gasteiger charge is 2.28. The molecule has 6 nitrogen and oxygen atoms in total. The molecule has 2 aromatic heterocycles. The van der Waals surface area contributed by atoms with Crippen LogP contribution in [0.3, 0.4) is 0 Å². The highest BCUT2D eigenvalue weighted by atomic mass is 32.1. The second-order valence-electron chi connectivity index (χ2n) is 8.19. The third kappa shape index (κ3) is 5.05. The van der Waals surface area contributed by atoms with Crippen molar-refractivity contribution in [1.82, 2.24) is 0 Å². The van der Waals surface area contributed by atoms with Crippen molar-refractivity contribution in [2.45, 2.75) is 59.2 Å². The minimum absolute atomic E-state index is 0.169. The van der Waals surface area contributed by atoms with Crippen molar-refractivity contribution in [3.8, 4) is 5.75 Å². The Morgan fingerprint density at radius 1 is 1.16 bits per heavy atom. The molecule has 0 spiro atoms. The van der Waals surface area contributed by atoms with Gasteiger partial charge in [-0.2, -0.15) is 0 Å². The maximum atomic E-state index is 12.9. The van der Waals surface area contributed by atoms with Crippen LogP contribution in [-0.4, -0.2) is 18.0 Å². The number of fused-ring (bicyclic) bond motifs is 1. The van der Waals surface area contributed by atoms with Crippen molar-refractivity contribution in [2.24, 2.45) is 0 Å². The normalized spacial score (nSPS) is 13.0. The Balaban J connectivity index is 1.48. The Kier molecular flexibility index (Phi) is 6.65. The van der Waals surface area contributed by atoms with Crippen molar-refractivity contribution in [2.75, 3.05) is 5.32 Å². The van der Waals surface area contributed by atoms with Crippen LogP contribution in [0.4, 0.5) is 5.00 Å². The molecule has 0 radical (unpaired) electrons. The molecule has 2 heterocycles. The van der Waals surface area contributed by atoms with Crippen LogP contribution in [0.2, 0.25) is 0 Å². The molecule has 0 bridgehead atoms. The lowest BCUT2D eigenvalue weighted by Gasteiger charge is -2.14. The molecular weight excluding hydrogens is 426 g/mol.